The Bertz CT molecular complexity index is 413. The third-order valence-corrected chi connectivity index (χ3v) is 2.68. The number of amides is 1. The summed E-state index contributed by atoms with van der Waals surface area (Å²) >= 11 is 5.74. The van der Waals surface area contributed by atoms with Gasteiger partial charge in [0.1, 0.15) is 11.9 Å². The molecule has 5 nitrogen and oxygen atoms in total. The number of nitrogens with zero attached hydrogens (tertiary/aromatic N) is 2. The smallest absolute Gasteiger partial charge is 0.242 e. The molecular formula is C11H15ClN4O. The zero-order chi connectivity index (χ0) is 12.4. The standard InChI is InChI=1S/C11H15ClN4O/c1-6-5-9(16-11(12)13-6)14-7(2)10(17)15-8-3-4-8/h5,7-8H,3-4H2,1-2H3,(H,15,17)(H,13,14,16). The van der Waals surface area contributed by atoms with Gasteiger partial charge in [-0.2, -0.15) is 0 Å². The van der Waals surface area contributed by atoms with Crippen LogP contribution in [0.5, 0.6) is 0 Å². The van der Waals surface area contributed by atoms with E-state index < -0.39 is 0 Å². The minimum Gasteiger partial charge on any atom is -0.358 e. The second-order valence-electron chi connectivity index (χ2n) is 4.31. The van der Waals surface area contributed by atoms with Gasteiger partial charge in [0.05, 0.1) is 0 Å². The maximum Gasteiger partial charge on any atom is 0.242 e. The molecule has 17 heavy (non-hydrogen) atoms. The third kappa shape index (κ3) is 3.56. The fraction of sp³-hybridized carbons (Fsp3) is 0.545. The molecule has 1 atom stereocenters. The molecule has 1 aromatic rings. The van der Waals surface area contributed by atoms with Crippen LogP contribution in [0.3, 0.4) is 0 Å². The Morgan fingerprint density at radius 3 is 2.82 bits per heavy atom. The van der Waals surface area contributed by atoms with Crippen LogP contribution in [-0.2, 0) is 4.79 Å². The largest absolute Gasteiger partial charge is 0.358 e. The number of aryl methyl sites for hydroxylation is 1. The molecule has 1 amide bonds. The van der Waals surface area contributed by atoms with Gasteiger partial charge in [0.2, 0.25) is 11.2 Å². The lowest BCUT2D eigenvalue weighted by Crippen LogP contribution is -2.38. The monoisotopic (exact) mass is 254 g/mol. The summed E-state index contributed by atoms with van der Waals surface area (Å²) in [7, 11) is 0. The molecule has 0 aliphatic heterocycles. The van der Waals surface area contributed by atoms with E-state index in [0.717, 1.165) is 18.5 Å². The van der Waals surface area contributed by atoms with E-state index in [1.165, 1.54) is 0 Å². The van der Waals surface area contributed by atoms with Crippen molar-refractivity contribution in [2.75, 3.05) is 5.32 Å². The minimum atomic E-state index is -0.332. The van der Waals surface area contributed by atoms with Crippen LogP contribution in [0.15, 0.2) is 6.07 Å². The zero-order valence-electron chi connectivity index (χ0n) is 9.83. The van der Waals surface area contributed by atoms with Crippen LogP contribution in [0.2, 0.25) is 5.28 Å². The molecule has 1 unspecified atom stereocenters. The molecule has 0 aromatic carbocycles. The van der Waals surface area contributed by atoms with Crippen LogP contribution in [-0.4, -0.2) is 28.0 Å². The zero-order valence-corrected chi connectivity index (χ0v) is 10.6. The predicted octanol–water partition coefficient (Wildman–Crippen LogP) is 1.52. The summed E-state index contributed by atoms with van der Waals surface area (Å²) in [5.41, 5.74) is 0.766. The Kier molecular flexibility index (Phi) is 3.47. The van der Waals surface area contributed by atoms with Crippen LogP contribution < -0.4 is 10.6 Å². The summed E-state index contributed by atoms with van der Waals surface area (Å²) in [6, 6.07) is 1.79. The molecule has 1 fully saturated rings. The van der Waals surface area contributed by atoms with E-state index in [2.05, 4.69) is 20.6 Å². The van der Waals surface area contributed by atoms with Gasteiger partial charge in [0.25, 0.3) is 0 Å². The first-order chi connectivity index (χ1) is 8.04. The number of aromatic nitrogens is 2. The maximum absolute atomic E-state index is 11.7. The molecular weight excluding hydrogens is 240 g/mol. The number of hydrogen-bond acceptors (Lipinski definition) is 4. The second kappa shape index (κ2) is 4.87. The van der Waals surface area contributed by atoms with Gasteiger partial charge in [0.15, 0.2) is 0 Å². The highest BCUT2D eigenvalue weighted by Gasteiger charge is 2.25. The van der Waals surface area contributed by atoms with Crippen LogP contribution >= 0.6 is 11.6 Å². The van der Waals surface area contributed by atoms with E-state index in [-0.39, 0.29) is 17.2 Å². The average molecular weight is 255 g/mol. The summed E-state index contributed by atoms with van der Waals surface area (Å²) in [6.45, 7) is 3.62. The fourth-order valence-electron chi connectivity index (χ4n) is 1.45. The molecule has 6 heteroatoms. The lowest BCUT2D eigenvalue weighted by Gasteiger charge is -2.14. The molecule has 1 saturated carbocycles. The van der Waals surface area contributed by atoms with Crippen molar-refractivity contribution in [2.45, 2.75) is 38.8 Å². The number of rotatable bonds is 4. The molecule has 1 aliphatic carbocycles. The molecule has 1 aliphatic rings. The van der Waals surface area contributed by atoms with Gasteiger partial charge in [-0.3, -0.25) is 4.79 Å². The SMILES string of the molecule is Cc1cc(NC(C)C(=O)NC2CC2)nc(Cl)n1. The van der Waals surface area contributed by atoms with Crippen molar-refractivity contribution in [2.24, 2.45) is 0 Å². The van der Waals surface area contributed by atoms with Crippen molar-refractivity contribution in [3.8, 4) is 0 Å². The molecule has 2 rings (SSSR count). The first-order valence-corrected chi connectivity index (χ1v) is 6.00. The van der Waals surface area contributed by atoms with Crippen LogP contribution in [0.1, 0.15) is 25.5 Å². The molecule has 0 saturated heterocycles. The van der Waals surface area contributed by atoms with Crippen LogP contribution in [0, 0.1) is 6.92 Å². The van der Waals surface area contributed by atoms with E-state index in [1.807, 2.05) is 6.92 Å². The van der Waals surface area contributed by atoms with Gasteiger partial charge in [-0.05, 0) is 38.3 Å². The van der Waals surface area contributed by atoms with Gasteiger partial charge in [0, 0.05) is 17.8 Å². The number of carbonyl (C=O) groups is 1. The summed E-state index contributed by atoms with van der Waals surface area (Å²) in [5, 5.41) is 6.12. The first kappa shape index (κ1) is 12.1. The lowest BCUT2D eigenvalue weighted by atomic mass is 10.3. The third-order valence-electron chi connectivity index (χ3n) is 2.51. The predicted molar refractivity (Wildman–Crippen MR) is 66.0 cm³/mol. The molecule has 1 heterocycles. The lowest BCUT2D eigenvalue weighted by molar-refractivity contribution is -0.121. The molecule has 1 aromatic heterocycles. The van der Waals surface area contributed by atoms with Crippen molar-refractivity contribution >= 4 is 23.3 Å². The van der Waals surface area contributed by atoms with Crippen LogP contribution in [0.4, 0.5) is 5.82 Å². The van der Waals surface area contributed by atoms with Crippen molar-refractivity contribution in [1.29, 1.82) is 0 Å². The van der Waals surface area contributed by atoms with E-state index in [4.69, 9.17) is 11.6 Å². The summed E-state index contributed by atoms with van der Waals surface area (Å²) in [6.07, 6.45) is 2.16. The molecule has 2 N–H and O–H groups in total. The maximum atomic E-state index is 11.7. The Morgan fingerprint density at radius 2 is 2.24 bits per heavy atom. The quantitative estimate of drug-likeness (QED) is 0.800. The molecule has 0 bridgehead atoms. The van der Waals surface area contributed by atoms with E-state index in [0.29, 0.717) is 11.9 Å². The number of carbonyl (C=O) groups excluding carboxylic acids is 1. The van der Waals surface area contributed by atoms with Crippen molar-refractivity contribution < 1.29 is 4.79 Å². The number of halogens is 1. The van der Waals surface area contributed by atoms with Gasteiger partial charge in [-0.25, -0.2) is 9.97 Å². The highest BCUT2D eigenvalue weighted by molar-refractivity contribution is 6.28. The summed E-state index contributed by atoms with van der Waals surface area (Å²) in [4.78, 5) is 19.7. The van der Waals surface area contributed by atoms with Gasteiger partial charge < -0.3 is 10.6 Å². The Balaban J connectivity index is 1.96. The van der Waals surface area contributed by atoms with E-state index in [9.17, 15) is 4.79 Å². The van der Waals surface area contributed by atoms with Crippen molar-refractivity contribution in [3.63, 3.8) is 0 Å². The minimum absolute atomic E-state index is 0.0140. The van der Waals surface area contributed by atoms with E-state index >= 15 is 0 Å². The summed E-state index contributed by atoms with van der Waals surface area (Å²) in [5.74, 6) is 0.556. The molecule has 0 spiro atoms. The van der Waals surface area contributed by atoms with Gasteiger partial charge in [-0.1, -0.05) is 0 Å². The highest BCUT2D eigenvalue weighted by Crippen LogP contribution is 2.19. The van der Waals surface area contributed by atoms with Crippen molar-refractivity contribution in [1.82, 2.24) is 15.3 Å². The topological polar surface area (TPSA) is 66.9 Å². The van der Waals surface area contributed by atoms with Gasteiger partial charge >= 0.3 is 0 Å². The Hall–Kier alpha value is -1.36. The Morgan fingerprint density at radius 1 is 1.53 bits per heavy atom. The fourth-order valence-corrected chi connectivity index (χ4v) is 1.67. The average Bonchev–Trinajstić information content (AvgIpc) is 2.99. The van der Waals surface area contributed by atoms with Gasteiger partial charge in [-0.15, -0.1) is 0 Å². The summed E-state index contributed by atoms with van der Waals surface area (Å²) < 4.78 is 0. The highest BCUT2D eigenvalue weighted by atomic mass is 35.5. The Labute approximate surface area is 105 Å². The van der Waals surface area contributed by atoms with Crippen molar-refractivity contribution in [3.05, 3.63) is 17.0 Å². The number of hydrogen-bond donors (Lipinski definition) is 2. The number of nitrogens with one attached hydrogen (secondary N) is 2. The molecule has 0 radical (unpaired) electrons. The first-order valence-electron chi connectivity index (χ1n) is 5.62. The van der Waals surface area contributed by atoms with E-state index in [1.54, 1.807) is 13.0 Å². The number of anilines is 1. The second-order valence-corrected chi connectivity index (χ2v) is 4.65. The normalized spacial score (nSPS) is 16.4. The molecule has 92 valence electrons. The van der Waals surface area contributed by atoms with Crippen LogP contribution in [0.25, 0.3) is 0 Å².